The standard InChI is InChI=1S/C12H10ClN3O/c13-10-1-2-11-9(7-10)3-6-16(11)8-12(17)15-5-4-14/h1-3,6-7H,5,8H2,(H,15,17). The highest BCUT2D eigenvalue weighted by atomic mass is 35.5. The van der Waals surface area contributed by atoms with Gasteiger partial charge < -0.3 is 9.88 Å². The van der Waals surface area contributed by atoms with Gasteiger partial charge in [0.2, 0.25) is 5.91 Å². The van der Waals surface area contributed by atoms with Crippen molar-refractivity contribution in [2.24, 2.45) is 0 Å². The highest BCUT2D eigenvalue weighted by molar-refractivity contribution is 6.31. The highest BCUT2D eigenvalue weighted by Gasteiger charge is 2.05. The van der Waals surface area contributed by atoms with Crippen molar-refractivity contribution in [2.75, 3.05) is 6.54 Å². The summed E-state index contributed by atoms with van der Waals surface area (Å²) in [4.78, 5) is 11.5. The summed E-state index contributed by atoms with van der Waals surface area (Å²) in [6.45, 7) is 0.233. The summed E-state index contributed by atoms with van der Waals surface area (Å²) >= 11 is 5.88. The van der Waals surface area contributed by atoms with Crippen LogP contribution < -0.4 is 5.32 Å². The van der Waals surface area contributed by atoms with E-state index in [0.29, 0.717) is 5.02 Å². The molecular formula is C12H10ClN3O. The van der Waals surface area contributed by atoms with E-state index in [4.69, 9.17) is 16.9 Å². The number of carbonyl (C=O) groups is 1. The van der Waals surface area contributed by atoms with E-state index in [-0.39, 0.29) is 19.0 Å². The third-order valence-corrected chi connectivity index (χ3v) is 2.65. The number of rotatable bonds is 3. The molecule has 2 aromatic rings. The van der Waals surface area contributed by atoms with E-state index in [0.717, 1.165) is 10.9 Å². The fourth-order valence-electron chi connectivity index (χ4n) is 1.66. The van der Waals surface area contributed by atoms with Crippen LogP contribution in [0.1, 0.15) is 0 Å². The largest absolute Gasteiger partial charge is 0.341 e. The minimum Gasteiger partial charge on any atom is -0.341 e. The highest BCUT2D eigenvalue weighted by Crippen LogP contribution is 2.20. The van der Waals surface area contributed by atoms with E-state index < -0.39 is 0 Å². The van der Waals surface area contributed by atoms with Crippen molar-refractivity contribution in [3.05, 3.63) is 35.5 Å². The van der Waals surface area contributed by atoms with Gasteiger partial charge in [0.15, 0.2) is 0 Å². The Morgan fingerprint density at radius 3 is 3.06 bits per heavy atom. The lowest BCUT2D eigenvalue weighted by molar-refractivity contribution is -0.121. The number of benzene rings is 1. The number of halogens is 1. The second kappa shape index (κ2) is 4.89. The minimum absolute atomic E-state index is 0.0316. The van der Waals surface area contributed by atoms with Gasteiger partial charge in [0, 0.05) is 22.1 Å². The van der Waals surface area contributed by atoms with Crippen LogP contribution in [-0.4, -0.2) is 17.0 Å². The van der Waals surface area contributed by atoms with Crippen LogP contribution in [0.3, 0.4) is 0 Å². The summed E-state index contributed by atoms with van der Waals surface area (Å²) in [6, 6.07) is 9.27. The first-order valence-corrected chi connectivity index (χ1v) is 5.46. The first kappa shape index (κ1) is 11.5. The predicted molar refractivity (Wildman–Crippen MR) is 65.6 cm³/mol. The molecule has 0 unspecified atom stereocenters. The lowest BCUT2D eigenvalue weighted by atomic mass is 10.2. The Hall–Kier alpha value is -1.99. The smallest absolute Gasteiger partial charge is 0.240 e. The molecule has 0 fully saturated rings. The number of hydrogen-bond donors (Lipinski definition) is 1. The first-order chi connectivity index (χ1) is 8.20. The van der Waals surface area contributed by atoms with Gasteiger partial charge in [-0.15, -0.1) is 0 Å². The topological polar surface area (TPSA) is 57.8 Å². The predicted octanol–water partition coefficient (Wildman–Crippen LogP) is 1.93. The van der Waals surface area contributed by atoms with Crippen LogP contribution in [0.15, 0.2) is 30.5 Å². The average molecular weight is 248 g/mol. The molecule has 0 atom stereocenters. The third kappa shape index (κ3) is 2.58. The summed E-state index contributed by atoms with van der Waals surface area (Å²) in [5, 5.41) is 12.5. The van der Waals surface area contributed by atoms with Crippen molar-refractivity contribution in [2.45, 2.75) is 6.54 Å². The SMILES string of the molecule is N#CCNC(=O)Cn1ccc2cc(Cl)ccc21. The molecule has 86 valence electrons. The molecule has 0 aliphatic carbocycles. The Morgan fingerprint density at radius 1 is 1.47 bits per heavy atom. The normalized spacial score (nSPS) is 10.1. The van der Waals surface area contributed by atoms with Gasteiger partial charge in [-0.25, -0.2) is 0 Å². The third-order valence-electron chi connectivity index (χ3n) is 2.41. The quantitative estimate of drug-likeness (QED) is 0.843. The Kier molecular flexibility index (Phi) is 3.31. The molecule has 0 aliphatic heterocycles. The molecule has 4 nitrogen and oxygen atoms in total. The van der Waals surface area contributed by atoms with E-state index in [1.165, 1.54) is 0 Å². The molecule has 1 heterocycles. The fraction of sp³-hybridized carbons (Fsp3) is 0.167. The molecule has 1 amide bonds. The summed E-state index contributed by atoms with van der Waals surface area (Å²) < 4.78 is 1.82. The Balaban J connectivity index is 2.20. The number of nitriles is 1. The monoisotopic (exact) mass is 247 g/mol. The van der Waals surface area contributed by atoms with Gasteiger partial charge in [-0.2, -0.15) is 5.26 Å². The van der Waals surface area contributed by atoms with Crippen molar-refractivity contribution in [1.29, 1.82) is 5.26 Å². The van der Waals surface area contributed by atoms with Gasteiger partial charge in [0.05, 0.1) is 6.07 Å². The van der Waals surface area contributed by atoms with Gasteiger partial charge in [0.1, 0.15) is 13.1 Å². The van der Waals surface area contributed by atoms with Gasteiger partial charge in [0.25, 0.3) is 0 Å². The number of hydrogen-bond acceptors (Lipinski definition) is 2. The van der Waals surface area contributed by atoms with Crippen LogP contribution in [0.5, 0.6) is 0 Å². The molecule has 5 heteroatoms. The average Bonchev–Trinajstić information content (AvgIpc) is 2.69. The zero-order chi connectivity index (χ0) is 12.3. The molecule has 17 heavy (non-hydrogen) atoms. The molecule has 1 aromatic carbocycles. The molecule has 0 radical (unpaired) electrons. The second-order valence-electron chi connectivity index (χ2n) is 3.58. The summed E-state index contributed by atoms with van der Waals surface area (Å²) in [5.74, 6) is -0.181. The van der Waals surface area contributed by atoms with Crippen LogP contribution in [0, 0.1) is 11.3 Å². The number of carbonyl (C=O) groups excluding carboxylic acids is 1. The van der Waals surface area contributed by atoms with Crippen molar-refractivity contribution < 1.29 is 4.79 Å². The number of nitrogens with one attached hydrogen (secondary N) is 1. The number of nitrogens with zero attached hydrogens (tertiary/aromatic N) is 2. The lowest BCUT2D eigenvalue weighted by Crippen LogP contribution is -2.27. The molecule has 1 aromatic heterocycles. The van der Waals surface area contributed by atoms with Gasteiger partial charge in [-0.1, -0.05) is 11.6 Å². The van der Waals surface area contributed by atoms with Gasteiger partial charge in [-0.3, -0.25) is 4.79 Å². The summed E-state index contributed by atoms with van der Waals surface area (Å²) in [7, 11) is 0. The van der Waals surface area contributed by atoms with Crippen molar-refractivity contribution in [1.82, 2.24) is 9.88 Å². The van der Waals surface area contributed by atoms with Crippen LogP contribution >= 0.6 is 11.6 Å². The van der Waals surface area contributed by atoms with E-state index >= 15 is 0 Å². The van der Waals surface area contributed by atoms with E-state index in [2.05, 4.69) is 5.32 Å². The van der Waals surface area contributed by atoms with Crippen molar-refractivity contribution >= 4 is 28.4 Å². The Bertz CT molecular complexity index is 597. The molecule has 0 saturated carbocycles. The zero-order valence-electron chi connectivity index (χ0n) is 8.98. The lowest BCUT2D eigenvalue weighted by Gasteiger charge is -2.04. The van der Waals surface area contributed by atoms with E-state index in [1.54, 1.807) is 6.07 Å². The molecule has 1 N–H and O–H groups in total. The van der Waals surface area contributed by atoms with Crippen LogP contribution in [0.2, 0.25) is 5.02 Å². The number of aromatic nitrogens is 1. The first-order valence-electron chi connectivity index (χ1n) is 5.09. The van der Waals surface area contributed by atoms with E-state index in [1.807, 2.05) is 35.0 Å². The second-order valence-corrected chi connectivity index (χ2v) is 4.02. The number of fused-ring (bicyclic) bond motifs is 1. The zero-order valence-corrected chi connectivity index (χ0v) is 9.74. The maximum absolute atomic E-state index is 11.5. The van der Waals surface area contributed by atoms with Gasteiger partial charge in [-0.05, 0) is 24.3 Å². The molecule has 0 aliphatic rings. The number of amides is 1. The molecule has 0 spiro atoms. The van der Waals surface area contributed by atoms with Crippen molar-refractivity contribution in [3.63, 3.8) is 0 Å². The Morgan fingerprint density at radius 2 is 2.29 bits per heavy atom. The van der Waals surface area contributed by atoms with Crippen molar-refractivity contribution in [3.8, 4) is 6.07 Å². The summed E-state index contributed by atoms with van der Waals surface area (Å²) in [5.41, 5.74) is 0.946. The minimum atomic E-state index is -0.181. The van der Waals surface area contributed by atoms with Crippen LogP contribution in [0.25, 0.3) is 10.9 Å². The summed E-state index contributed by atoms with van der Waals surface area (Å²) in [6.07, 6.45) is 1.83. The van der Waals surface area contributed by atoms with Crippen LogP contribution in [-0.2, 0) is 11.3 Å². The molecular weight excluding hydrogens is 238 g/mol. The molecule has 0 saturated heterocycles. The maximum atomic E-state index is 11.5. The Labute approximate surface area is 103 Å². The maximum Gasteiger partial charge on any atom is 0.240 e. The van der Waals surface area contributed by atoms with Gasteiger partial charge >= 0.3 is 0 Å². The van der Waals surface area contributed by atoms with E-state index in [9.17, 15) is 4.79 Å². The molecule has 2 rings (SSSR count). The fourth-order valence-corrected chi connectivity index (χ4v) is 1.84. The van der Waals surface area contributed by atoms with Crippen LogP contribution in [0.4, 0.5) is 0 Å². The molecule has 0 bridgehead atoms.